The van der Waals surface area contributed by atoms with Crippen LogP contribution in [0.4, 0.5) is 0 Å². The fourth-order valence-corrected chi connectivity index (χ4v) is 1.32. The Labute approximate surface area is 92.8 Å². The van der Waals surface area contributed by atoms with E-state index in [9.17, 15) is 0 Å². The summed E-state index contributed by atoms with van der Waals surface area (Å²) in [5.74, 6) is 0. The van der Waals surface area contributed by atoms with Gasteiger partial charge in [0.15, 0.2) is 6.29 Å². The molecule has 0 fully saturated rings. The summed E-state index contributed by atoms with van der Waals surface area (Å²) < 4.78 is 10.9. The number of nitriles is 1. The molecule has 0 aliphatic carbocycles. The smallest absolute Gasteiger partial charge is 0.170 e. The van der Waals surface area contributed by atoms with Gasteiger partial charge in [-0.1, -0.05) is 6.92 Å². The van der Waals surface area contributed by atoms with Gasteiger partial charge in [0.25, 0.3) is 0 Å². The van der Waals surface area contributed by atoms with Gasteiger partial charge in [0.2, 0.25) is 0 Å². The Morgan fingerprint density at radius 1 is 1.20 bits per heavy atom. The van der Waals surface area contributed by atoms with E-state index in [0.717, 1.165) is 19.6 Å². The highest BCUT2D eigenvalue weighted by atomic mass is 16.7. The minimum Gasteiger partial charge on any atom is -0.352 e. The van der Waals surface area contributed by atoms with Crippen LogP contribution >= 0.6 is 0 Å². The van der Waals surface area contributed by atoms with Gasteiger partial charge in [-0.05, 0) is 20.4 Å². The lowest BCUT2D eigenvalue weighted by molar-refractivity contribution is -0.146. The summed E-state index contributed by atoms with van der Waals surface area (Å²) in [5.41, 5.74) is 0. The van der Waals surface area contributed by atoms with Gasteiger partial charge < -0.3 is 9.47 Å². The normalized spacial score (nSPS) is 10.9. The van der Waals surface area contributed by atoms with Crippen LogP contribution in [0.3, 0.4) is 0 Å². The third kappa shape index (κ3) is 7.32. The first-order valence-corrected chi connectivity index (χ1v) is 5.60. The molecule has 0 unspecified atom stereocenters. The summed E-state index contributed by atoms with van der Waals surface area (Å²) in [6.07, 6.45) is 0.386. The molecule has 0 aromatic rings. The van der Waals surface area contributed by atoms with Crippen LogP contribution in [0, 0.1) is 11.3 Å². The second kappa shape index (κ2) is 9.91. The Balaban J connectivity index is 3.92. The molecule has 0 spiro atoms. The van der Waals surface area contributed by atoms with Crippen LogP contribution in [0.15, 0.2) is 0 Å². The maximum atomic E-state index is 8.51. The molecule has 15 heavy (non-hydrogen) atoms. The van der Waals surface area contributed by atoms with Crippen LogP contribution in [0.5, 0.6) is 0 Å². The average molecular weight is 214 g/mol. The van der Waals surface area contributed by atoms with E-state index in [2.05, 4.69) is 17.9 Å². The molecule has 0 radical (unpaired) electrons. The van der Waals surface area contributed by atoms with Crippen molar-refractivity contribution in [2.75, 3.05) is 32.8 Å². The molecular formula is C11H22N2O2. The maximum absolute atomic E-state index is 8.51. The molecule has 4 heteroatoms. The molecule has 0 aliphatic heterocycles. The third-order valence-electron chi connectivity index (χ3n) is 2.10. The second-order valence-corrected chi connectivity index (χ2v) is 3.14. The SMILES string of the molecule is CCOC(CN(CC)CCC#N)OCC. The van der Waals surface area contributed by atoms with Gasteiger partial charge >= 0.3 is 0 Å². The van der Waals surface area contributed by atoms with Crippen LogP contribution in [-0.2, 0) is 9.47 Å². The van der Waals surface area contributed by atoms with Crippen LogP contribution in [0.2, 0.25) is 0 Å². The summed E-state index contributed by atoms with van der Waals surface area (Å²) in [6, 6.07) is 2.15. The lowest BCUT2D eigenvalue weighted by Gasteiger charge is -2.25. The fraction of sp³-hybridized carbons (Fsp3) is 0.909. The van der Waals surface area contributed by atoms with Gasteiger partial charge in [-0.2, -0.15) is 5.26 Å². The monoisotopic (exact) mass is 214 g/mol. The predicted molar refractivity (Wildman–Crippen MR) is 59.4 cm³/mol. The largest absolute Gasteiger partial charge is 0.352 e. The zero-order chi connectivity index (χ0) is 11.5. The highest BCUT2D eigenvalue weighted by Crippen LogP contribution is 2.00. The fourth-order valence-electron chi connectivity index (χ4n) is 1.32. The van der Waals surface area contributed by atoms with Crippen molar-refractivity contribution in [3.05, 3.63) is 0 Å². The van der Waals surface area contributed by atoms with Crippen LogP contribution in [-0.4, -0.2) is 44.0 Å². The highest BCUT2D eigenvalue weighted by Gasteiger charge is 2.12. The first-order valence-electron chi connectivity index (χ1n) is 5.60. The van der Waals surface area contributed by atoms with E-state index in [1.807, 2.05) is 13.8 Å². The molecule has 0 saturated carbocycles. The lowest BCUT2D eigenvalue weighted by Crippen LogP contribution is -2.36. The molecule has 0 N–H and O–H groups in total. The zero-order valence-corrected chi connectivity index (χ0v) is 10.0. The number of likely N-dealkylation sites (N-methyl/N-ethyl adjacent to an activating group) is 1. The molecule has 0 aromatic heterocycles. The minimum atomic E-state index is -0.168. The van der Waals surface area contributed by atoms with Gasteiger partial charge in [-0.15, -0.1) is 0 Å². The van der Waals surface area contributed by atoms with Crippen molar-refractivity contribution in [1.29, 1.82) is 5.26 Å². The first kappa shape index (κ1) is 14.4. The Morgan fingerprint density at radius 2 is 1.80 bits per heavy atom. The maximum Gasteiger partial charge on any atom is 0.170 e. The Hall–Kier alpha value is -0.630. The van der Waals surface area contributed by atoms with Gasteiger partial charge in [0.05, 0.1) is 6.07 Å². The summed E-state index contributed by atoms with van der Waals surface area (Å²) in [6.45, 7) is 9.73. The van der Waals surface area contributed by atoms with Crippen LogP contribution in [0.1, 0.15) is 27.2 Å². The Kier molecular flexibility index (Phi) is 9.49. The molecule has 0 rings (SSSR count). The van der Waals surface area contributed by atoms with Crippen molar-refractivity contribution < 1.29 is 9.47 Å². The molecule has 0 atom stereocenters. The molecule has 0 heterocycles. The van der Waals surface area contributed by atoms with Crippen molar-refractivity contribution in [1.82, 2.24) is 4.90 Å². The van der Waals surface area contributed by atoms with Crippen molar-refractivity contribution in [3.8, 4) is 6.07 Å². The molecular weight excluding hydrogens is 192 g/mol. The van der Waals surface area contributed by atoms with Gasteiger partial charge in [-0.25, -0.2) is 0 Å². The summed E-state index contributed by atoms with van der Waals surface area (Å²) in [7, 11) is 0. The van der Waals surface area contributed by atoms with Crippen molar-refractivity contribution in [3.63, 3.8) is 0 Å². The average Bonchev–Trinajstić information content (AvgIpc) is 2.24. The standard InChI is InChI=1S/C11H22N2O2/c1-4-13(9-7-8-12)10-11(14-5-2)15-6-3/h11H,4-7,9-10H2,1-3H3. The molecule has 4 nitrogen and oxygen atoms in total. The van der Waals surface area contributed by atoms with Gasteiger partial charge in [0, 0.05) is 32.7 Å². The van der Waals surface area contributed by atoms with Crippen LogP contribution in [0.25, 0.3) is 0 Å². The first-order chi connectivity index (χ1) is 7.28. The lowest BCUT2D eigenvalue weighted by atomic mass is 10.4. The summed E-state index contributed by atoms with van der Waals surface area (Å²) >= 11 is 0. The van der Waals surface area contributed by atoms with E-state index in [-0.39, 0.29) is 6.29 Å². The van der Waals surface area contributed by atoms with E-state index < -0.39 is 0 Å². The Morgan fingerprint density at radius 3 is 2.20 bits per heavy atom. The van der Waals surface area contributed by atoms with E-state index in [4.69, 9.17) is 14.7 Å². The number of nitrogens with zero attached hydrogens (tertiary/aromatic N) is 2. The summed E-state index contributed by atoms with van der Waals surface area (Å²) in [5, 5.41) is 8.51. The van der Waals surface area contributed by atoms with Crippen molar-refractivity contribution in [2.45, 2.75) is 33.5 Å². The molecule has 0 aromatic carbocycles. The predicted octanol–water partition coefficient (Wildman–Crippen LogP) is 1.62. The molecule has 0 saturated heterocycles. The quantitative estimate of drug-likeness (QED) is 0.547. The topological polar surface area (TPSA) is 45.5 Å². The van der Waals surface area contributed by atoms with E-state index >= 15 is 0 Å². The van der Waals surface area contributed by atoms with Crippen molar-refractivity contribution >= 4 is 0 Å². The van der Waals surface area contributed by atoms with Gasteiger partial charge in [-0.3, -0.25) is 4.90 Å². The van der Waals surface area contributed by atoms with E-state index in [1.165, 1.54) is 0 Å². The van der Waals surface area contributed by atoms with E-state index in [1.54, 1.807) is 0 Å². The third-order valence-corrected chi connectivity index (χ3v) is 2.10. The van der Waals surface area contributed by atoms with Crippen molar-refractivity contribution in [2.24, 2.45) is 0 Å². The van der Waals surface area contributed by atoms with Crippen LogP contribution < -0.4 is 0 Å². The molecule has 0 bridgehead atoms. The molecule has 88 valence electrons. The number of hydrogen-bond acceptors (Lipinski definition) is 4. The number of ether oxygens (including phenoxy) is 2. The second-order valence-electron chi connectivity index (χ2n) is 3.14. The number of hydrogen-bond donors (Lipinski definition) is 0. The molecule has 0 aliphatic rings. The zero-order valence-electron chi connectivity index (χ0n) is 10.0. The van der Waals surface area contributed by atoms with Gasteiger partial charge in [0.1, 0.15) is 0 Å². The highest BCUT2D eigenvalue weighted by molar-refractivity contribution is 4.72. The summed E-state index contributed by atoms with van der Waals surface area (Å²) in [4.78, 5) is 2.17. The van der Waals surface area contributed by atoms with E-state index in [0.29, 0.717) is 19.6 Å². The number of rotatable bonds is 9. The molecule has 0 amide bonds. The minimum absolute atomic E-state index is 0.168. The Bertz CT molecular complexity index is 174.